The summed E-state index contributed by atoms with van der Waals surface area (Å²) in [5, 5.41) is 9.08. The average Bonchev–Trinajstić information content (AvgIpc) is 2.59. The summed E-state index contributed by atoms with van der Waals surface area (Å²) in [6.07, 6.45) is 0.107. The van der Waals surface area contributed by atoms with E-state index in [4.69, 9.17) is 9.84 Å². The summed E-state index contributed by atoms with van der Waals surface area (Å²) < 4.78 is 5.64. The lowest BCUT2D eigenvalue weighted by Crippen LogP contribution is -2.53. The van der Waals surface area contributed by atoms with Gasteiger partial charge in [-0.3, -0.25) is 14.5 Å². The maximum absolute atomic E-state index is 12.7. The van der Waals surface area contributed by atoms with Gasteiger partial charge in [-0.05, 0) is 18.9 Å². The summed E-state index contributed by atoms with van der Waals surface area (Å²) in [7, 11) is 0. The third kappa shape index (κ3) is 5.04. The lowest BCUT2D eigenvalue weighted by molar-refractivity contribution is -0.157. The van der Waals surface area contributed by atoms with Crippen LogP contribution in [0.15, 0.2) is 30.3 Å². The van der Waals surface area contributed by atoms with Crippen molar-refractivity contribution in [1.82, 2.24) is 9.80 Å². The van der Waals surface area contributed by atoms with Crippen molar-refractivity contribution in [3.05, 3.63) is 35.9 Å². The lowest BCUT2D eigenvalue weighted by Gasteiger charge is -2.36. The molecule has 0 aromatic heterocycles. The zero-order valence-electron chi connectivity index (χ0n) is 14.4. The molecule has 1 amide bonds. The van der Waals surface area contributed by atoms with E-state index in [0.717, 1.165) is 13.1 Å². The second-order valence-electron chi connectivity index (χ2n) is 6.20. The zero-order valence-corrected chi connectivity index (χ0v) is 14.4. The Hall–Kier alpha value is -1.92. The molecule has 0 spiro atoms. The van der Waals surface area contributed by atoms with Crippen LogP contribution in [-0.2, 0) is 20.9 Å². The molecule has 1 aromatic rings. The van der Waals surface area contributed by atoms with Gasteiger partial charge in [0.2, 0.25) is 0 Å². The minimum atomic E-state index is -0.999. The molecule has 1 N–H and O–H groups in total. The number of hydrogen-bond donors (Lipinski definition) is 1. The van der Waals surface area contributed by atoms with Crippen LogP contribution in [0.3, 0.4) is 0 Å². The second-order valence-corrected chi connectivity index (χ2v) is 6.20. The molecule has 6 heteroatoms. The Labute approximate surface area is 143 Å². The number of ether oxygens (including phenoxy) is 1. The fraction of sp³-hybridized carbons (Fsp3) is 0.556. The average molecular weight is 334 g/mol. The minimum absolute atomic E-state index is 0.123. The minimum Gasteiger partial charge on any atom is -0.480 e. The van der Waals surface area contributed by atoms with E-state index in [2.05, 4.69) is 17.0 Å². The van der Waals surface area contributed by atoms with Gasteiger partial charge in [-0.2, -0.15) is 0 Å². The Morgan fingerprint density at radius 1 is 1.38 bits per heavy atom. The van der Waals surface area contributed by atoms with E-state index in [9.17, 15) is 9.59 Å². The Bertz CT molecular complexity index is 549. The second kappa shape index (κ2) is 8.80. The van der Waals surface area contributed by atoms with E-state index in [1.807, 2.05) is 32.0 Å². The number of morpholine rings is 1. The van der Waals surface area contributed by atoms with E-state index >= 15 is 0 Å². The predicted molar refractivity (Wildman–Crippen MR) is 90.6 cm³/mol. The Morgan fingerprint density at radius 3 is 2.71 bits per heavy atom. The molecular weight excluding hydrogens is 308 g/mol. The van der Waals surface area contributed by atoms with Gasteiger partial charge in [0.1, 0.15) is 12.6 Å². The zero-order chi connectivity index (χ0) is 17.5. The quantitative estimate of drug-likeness (QED) is 0.820. The molecule has 1 saturated heterocycles. The molecule has 0 saturated carbocycles. The van der Waals surface area contributed by atoms with E-state index in [1.165, 1.54) is 10.5 Å². The van der Waals surface area contributed by atoms with Crippen LogP contribution in [0.5, 0.6) is 0 Å². The normalized spacial score (nSPS) is 19.7. The van der Waals surface area contributed by atoms with Crippen LogP contribution in [0, 0.1) is 0 Å². The molecule has 2 rings (SSSR count). The fourth-order valence-corrected chi connectivity index (χ4v) is 2.84. The number of carboxylic acid groups (broad SMARTS) is 1. The van der Waals surface area contributed by atoms with Crippen molar-refractivity contribution in [3.63, 3.8) is 0 Å². The monoisotopic (exact) mass is 334 g/mol. The van der Waals surface area contributed by atoms with Gasteiger partial charge in [0.25, 0.3) is 5.91 Å². The van der Waals surface area contributed by atoms with Crippen LogP contribution < -0.4 is 0 Å². The Balaban J connectivity index is 2.01. The molecule has 0 radical (unpaired) electrons. The van der Waals surface area contributed by atoms with Gasteiger partial charge in [0.15, 0.2) is 0 Å². The van der Waals surface area contributed by atoms with Crippen molar-refractivity contribution >= 4 is 11.9 Å². The van der Waals surface area contributed by atoms with Crippen LogP contribution in [0.1, 0.15) is 25.8 Å². The van der Waals surface area contributed by atoms with Gasteiger partial charge in [-0.1, -0.05) is 37.3 Å². The number of carboxylic acids is 1. The smallest absolute Gasteiger partial charge is 0.323 e. The molecule has 1 heterocycles. The number of hydrogen-bond acceptors (Lipinski definition) is 4. The van der Waals surface area contributed by atoms with Crippen molar-refractivity contribution in [1.29, 1.82) is 0 Å². The molecule has 24 heavy (non-hydrogen) atoms. The highest BCUT2D eigenvalue weighted by Crippen LogP contribution is 2.14. The van der Waals surface area contributed by atoms with Crippen LogP contribution in [0.25, 0.3) is 0 Å². The molecular formula is C18H26N2O4. The highest BCUT2D eigenvalue weighted by atomic mass is 16.5. The Kier molecular flexibility index (Phi) is 6.75. The van der Waals surface area contributed by atoms with Crippen molar-refractivity contribution in [2.75, 3.05) is 26.2 Å². The van der Waals surface area contributed by atoms with Crippen molar-refractivity contribution < 1.29 is 19.4 Å². The van der Waals surface area contributed by atoms with Gasteiger partial charge in [0.05, 0.1) is 6.61 Å². The summed E-state index contributed by atoms with van der Waals surface area (Å²) in [5.41, 5.74) is 1.19. The van der Waals surface area contributed by atoms with E-state index in [0.29, 0.717) is 19.6 Å². The molecule has 0 unspecified atom stereocenters. The summed E-state index contributed by atoms with van der Waals surface area (Å²) in [5.74, 6) is -1.23. The Morgan fingerprint density at radius 2 is 2.08 bits per heavy atom. The first kappa shape index (κ1) is 18.4. The fourth-order valence-electron chi connectivity index (χ4n) is 2.84. The van der Waals surface area contributed by atoms with Crippen molar-refractivity contribution in [2.24, 2.45) is 0 Å². The molecule has 6 nitrogen and oxygen atoms in total. The lowest BCUT2D eigenvalue weighted by atomic mass is 10.1. The topological polar surface area (TPSA) is 70.1 Å². The van der Waals surface area contributed by atoms with E-state index in [-0.39, 0.29) is 18.5 Å². The number of carbonyl (C=O) groups is 2. The van der Waals surface area contributed by atoms with Crippen molar-refractivity contribution in [3.8, 4) is 0 Å². The number of rotatable bonds is 7. The van der Waals surface area contributed by atoms with E-state index < -0.39 is 12.1 Å². The molecule has 0 aliphatic carbocycles. The summed E-state index contributed by atoms with van der Waals surface area (Å²) in [6.45, 7) is 6.01. The maximum atomic E-state index is 12.7. The molecule has 1 fully saturated rings. The van der Waals surface area contributed by atoms with Gasteiger partial charge in [-0.25, -0.2) is 0 Å². The van der Waals surface area contributed by atoms with Gasteiger partial charge < -0.3 is 14.7 Å². The first-order valence-electron chi connectivity index (χ1n) is 8.41. The third-order valence-electron chi connectivity index (χ3n) is 4.39. The molecule has 1 aromatic carbocycles. The van der Waals surface area contributed by atoms with Crippen LogP contribution >= 0.6 is 0 Å². The first-order chi connectivity index (χ1) is 11.5. The van der Waals surface area contributed by atoms with Crippen LogP contribution in [-0.4, -0.2) is 65.2 Å². The molecule has 132 valence electrons. The molecule has 1 aliphatic rings. The third-order valence-corrected chi connectivity index (χ3v) is 4.39. The highest BCUT2D eigenvalue weighted by molar-refractivity contribution is 5.85. The number of carbonyl (C=O) groups excluding carboxylic acids is 1. The van der Waals surface area contributed by atoms with Gasteiger partial charge in [-0.15, -0.1) is 0 Å². The maximum Gasteiger partial charge on any atom is 0.323 e. The van der Waals surface area contributed by atoms with E-state index in [1.54, 1.807) is 0 Å². The summed E-state index contributed by atoms with van der Waals surface area (Å²) in [4.78, 5) is 27.4. The molecule has 0 bridgehead atoms. The van der Waals surface area contributed by atoms with Crippen LogP contribution in [0.2, 0.25) is 0 Å². The van der Waals surface area contributed by atoms with Crippen LogP contribution in [0.4, 0.5) is 0 Å². The number of aliphatic carboxylic acids is 1. The highest BCUT2D eigenvalue weighted by Gasteiger charge is 2.32. The summed E-state index contributed by atoms with van der Waals surface area (Å²) in [6, 6.07) is 9.96. The first-order valence-corrected chi connectivity index (χ1v) is 8.41. The molecule has 1 aliphatic heterocycles. The largest absolute Gasteiger partial charge is 0.480 e. The SMILES string of the molecule is CC[C@@H](C)N(CC(=O)O)C(=O)[C@H]1CN(Cc2ccccc2)CCO1. The summed E-state index contributed by atoms with van der Waals surface area (Å²) >= 11 is 0. The van der Waals surface area contributed by atoms with Crippen molar-refractivity contribution in [2.45, 2.75) is 39.0 Å². The predicted octanol–water partition coefficient (Wildman–Crippen LogP) is 1.60. The number of nitrogens with zero attached hydrogens (tertiary/aromatic N) is 2. The van der Waals surface area contributed by atoms with Gasteiger partial charge >= 0.3 is 5.97 Å². The standard InChI is InChI=1S/C18H26N2O4/c1-3-14(2)20(13-17(21)22)18(23)16-12-19(9-10-24-16)11-15-7-5-4-6-8-15/h4-8,14,16H,3,9-13H2,1-2H3,(H,21,22)/t14-,16-/m1/s1. The number of amides is 1. The molecule has 2 atom stereocenters. The number of benzene rings is 1. The van der Waals surface area contributed by atoms with Gasteiger partial charge in [0, 0.05) is 25.7 Å².